The molecule has 0 atom stereocenters. The summed E-state index contributed by atoms with van der Waals surface area (Å²) in [7, 11) is 0. The molecule has 1 amide bonds. The second-order valence-corrected chi connectivity index (χ2v) is 7.45. The Morgan fingerprint density at radius 3 is 2.68 bits per heavy atom. The number of piperazine rings is 1. The van der Waals surface area contributed by atoms with Crippen molar-refractivity contribution in [1.29, 1.82) is 0 Å². The van der Waals surface area contributed by atoms with E-state index in [4.69, 9.17) is 4.42 Å². The zero-order valence-electron chi connectivity index (χ0n) is 16.3. The van der Waals surface area contributed by atoms with Gasteiger partial charge in [-0.2, -0.15) is 0 Å². The summed E-state index contributed by atoms with van der Waals surface area (Å²) in [6, 6.07) is 9.81. The van der Waals surface area contributed by atoms with Crippen LogP contribution in [-0.2, 0) is 11.3 Å². The molecule has 0 bridgehead atoms. The van der Waals surface area contributed by atoms with Gasteiger partial charge in [0.15, 0.2) is 0 Å². The van der Waals surface area contributed by atoms with Crippen LogP contribution in [0.15, 0.2) is 59.0 Å². The smallest absolute Gasteiger partial charge is 0.241 e. The summed E-state index contributed by atoms with van der Waals surface area (Å²) in [5.41, 5.74) is 1.15. The van der Waals surface area contributed by atoms with Gasteiger partial charge in [0.1, 0.15) is 11.6 Å². The molecule has 1 fully saturated rings. The largest absolute Gasteiger partial charge is 0.467 e. The summed E-state index contributed by atoms with van der Waals surface area (Å²) in [4.78, 5) is 24.1. The molecule has 28 heavy (non-hydrogen) atoms. The van der Waals surface area contributed by atoms with Gasteiger partial charge in [0.2, 0.25) is 5.91 Å². The van der Waals surface area contributed by atoms with Crippen molar-refractivity contribution in [3.05, 3.63) is 60.3 Å². The zero-order valence-corrected chi connectivity index (χ0v) is 16.3. The Morgan fingerprint density at radius 1 is 1.11 bits per heavy atom. The average Bonchev–Trinajstić information content (AvgIpc) is 3.27. The number of carbonyl (C=O) groups excluding carboxylic acids is 1. The van der Waals surface area contributed by atoms with Crippen LogP contribution in [0.5, 0.6) is 0 Å². The maximum atomic E-state index is 13.2. The number of pyridine rings is 1. The van der Waals surface area contributed by atoms with E-state index in [0.29, 0.717) is 13.1 Å². The van der Waals surface area contributed by atoms with E-state index < -0.39 is 0 Å². The lowest BCUT2D eigenvalue weighted by Crippen LogP contribution is -2.50. The van der Waals surface area contributed by atoms with Crippen molar-refractivity contribution in [2.24, 2.45) is 0 Å². The van der Waals surface area contributed by atoms with Crippen molar-refractivity contribution in [1.82, 2.24) is 14.8 Å². The second kappa shape index (κ2) is 9.06. The first-order valence-electron chi connectivity index (χ1n) is 10.2. The molecule has 0 aromatic carbocycles. The molecule has 0 saturated carbocycles. The van der Waals surface area contributed by atoms with Crippen molar-refractivity contribution in [2.45, 2.75) is 32.2 Å². The first-order valence-corrected chi connectivity index (χ1v) is 10.2. The van der Waals surface area contributed by atoms with E-state index in [-0.39, 0.29) is 5.91 Å². The maximum Gasteiger partial charge on any atom is 0.241 e. The minimum atomic E-state index is 0.163. The van der Waals surface area contributed by atoms with Crippen LogP contribution in [-0.4, -0.2) is 53.4 Å². The average molecular weight is 380 g/mol. The number of anilines is 1. The summed E-state index contributed by atoms with van der Waals surface area (Å²) >= 11 is 0. The third-order valence-electron chi connectivity index (χ3n) is 5.51. The quantitative estimate of drug-likeness (QED) is 0.770. The number of hydrogen-bond donors (Lipinski definition) is 0. The highest BCUT2D eigenvalue weighted by Gasteiger charge is 2.25. The van der Waals surface area contributed by atoms with Crippen molar-refractivity contribution in [3.63, 3.8) is 0 Å². The zero-order chi connectivity index (χ0) is 19.2. The molecule has 148 valence electrons. The van der Waals surface area contributed by atoms with Crippen LogP contribution in [0.2, 0.25) is 0 Å². The predicted octanol–water partition coefficient (Wildman–Crippen LogP) is 3.28. The monoisotopic (exact) mass is 380 g/mol. The minimum absolute atomic E-state index is 0.163. The minimum Gasteiger partial charge on any atom is -0.467 e. The van der Waals surface area contributed by atoms with Crippen LogP contribution in [0.25, 0.3) is 0 Å². The molecule has 6 nitrogen and oxygen atoms in total. The van der Waals surface area contributed by atoms with Crippen LogP contribution in [0.3, 0.4) is 0 Å². The van der Waals surface area contributed by atoms with Crippen LogP contribution in [0, 0.1) is 0 Å². The Hall–Kier alpha value is -2.60. The first-order chi connectivity index (χ1) is 13.8. The number of nitrogens with zero attached hydrogens (tertiary/aromatic N) is 4. The van der Waals surface area contributed by atoms with Crippen LogP contribution in [0.1, 0.15) is 31.4 Å². The molecular weight excluding hydrogens is 352 g/mol. The third kappa shape index (κ3) is 4.62. The molecule has 0 unspecified atom stereocenters. The molecule has 1 aliphatic carbocycles. The van der Waals surface area contributed by atoms with Crippen molar-refractivity contribution >= 4 is 11.7 Å². The number of aromatic nitrogens is 1. The number of hydrogen-bond acceptors (Lipinski definition) is 5. The van der Waals surface area contributed by atoms with Gasteiger partial charge in [-0.15, -0.1) is 0 Å². The molecule has 1 aliphatic heterocycles. The molecule has 2 aromatic rings. The van der Waals surface area contributed by atoms with Gasteiger partial charge in [-0.3, -0.25) is 9.69 Å². The van der Waals surface area contributed by atoms with Gasteiger partial charge in [-0.25, -0.2) is 4.98 Å². The third-order valence-corrected chi connectivity index (χ3v) is 5.51. The van der Waals surface area contributed by atoms with E-state index in [1.807, 2.05) is 41.4 Å². The van der Waals surface area contributed by atoms with Crippen LogP contribution < -0.4 is 4.90 Å². The van der Waals surface area contributed by atoms with Gasteiger partial charge in [-0.05, 0) is 49.9 Å². The highest BCUT2D eigenvalue weighted by molar-refractivity contribution is 5.80. The van der Waals surface area contributed by atoms with Crippen molar-refractivity contribution in [3.8, 4) is 0 Å². The number of furan rings is 1. The van der Waals surface area contributed by atoms with E-state index in [1.165, 1.54) is 6.42 Å². The Kier molecular flexibility index (Phi) is 6.07. The Morgan fingerprint density at radius 2 is 2.00 bits per heavy atom. The lowest BCUT2D eigenvalue weighted by atomic mass is 10.0. The summed E-state index contributed by atoms with van der Waals surface area (Å²) in [5.74, 6) is 2.01. The van der Waals surface area contributed by atoms with E-state index >= 15 is 0 Å². The topological polar surface area (TPSA) is 52.8 Å². The van der Waals surface area contributed by atoms with E-state index in [1.54, 1.807) is 6.26 Å². The fourth-order valence-electron chi connectivity index (χ4n) is 3.93. The van der Waals surface area contributed by atoms with Gasteiger partial charge in [0.05, 0.1) is 19.4 Å². The molecule has 0 radical (unpaired) electrons. The van der Waals surface area contributed by atoms with Gasteiger partial charge in [0, 0.05) is 38.1 Å². The molecule has 2 aromatic heterocycles. The van der Waals surface area contributed by atoms with Crippen molar-refractivity contribution in [2.75, 3.05) is 37.6 Å². The summed E-state index contributed by atoms with van der Waals surface area (Å²) in [6.45, 7) is 4.50. The molecular formula is C22H28N4O2. The lowest BCUT2D eigenvalue weighted by molar-refractivity contribution is -0.131. The highest BCUT2D eigenvalue weighted by Crippen LogP contribution is 2.23. The molecule has 0 N–H and O–H groups in total. The second-order valence-electron chi connectivity index (χ2n) is 7.45. The first kappa shape index (κ1) is 18.7. The predicted molar refractivity (Wildman–Crippen MR) is 109 cm³/mol. The fourth-order valence-corrected chi connectivity index (χ4v) is 3.93. The maximum absolute atomic E-state index is 13.2. The molecule has 4 rings (SSSR count). The van der Waals surface area contributed by atoms with E-state index in [0.717, 1.165) is 62.7 Å². The number of rotatable bonds is 6. The molecule has 3 heterocycles. The molecule has 0 spiro atoms. The Labute approximate surface area is 166 Å². The van der Waals surface area contributed by atoms with Gasteiger partial charge in [0.25, 0.3) is 0 Å². The van der Waals surface area contributed by atoms with Gasteiger partial charge in [-0.1, -0.05) is 12.1 Å². The molecule has 6 heteroatoms. The van der Waals surface area contributed by atoms with Crippen LogP contribution in [0.4, 0.5) is 5.82 Å². The summed E-state index contributed by atoms with van der Waals surface area (Å²) in [5, 5.41) is 0. The number of carbonyl (C=O) groups is 1. The SMILES string of the molecule is O=C(CN1CCN(c2ccccn2)CC1)N(Cc1ccco1)C1=CCCCC1. The van der Waals surface area contributed by atoms with E-state index in [9.17, 15) is 4.79 Å². The number of amides is 1. The standard InChI is InChI=1S/C22H28N4O2/c27-22(18-24-12-14-25(15-13-24)21-10-4-5-11-23-21)26(17-20-9-6-16-28-20)19-7-2-1-3-8-19/h4-7,9-11,16H,1-3,8,12-15,17-18H2. The van der Waals surface area contributed by atoms with Crippen LogP contribution >= 0.6 is 0 Å². The lowest BCUT2D eigenvalue weighted by Gasteiger charge is -2.36. The summed E-state index contributed by atoms with van der Waals surface area (Å²) in [6.07, 6.45) is 10.1. The van der Waals surface area contributed by atoms with Gasteiger partial charge < -0.3 is 14.2 Å². The van der Waals surface area contributed by atoms with Gasteiger partial charge >= 0.3 is 0 Å². The Balaban J connectivity index is 1.37. The Bertz CT molecular complexity index is 780. The van der Waals surface area contributed by atoms with E-state index in [2.05, 4.69) is 20.9 Å². The fraction of sp³-hybridized carbons (Fsp3) is 0.455. The molecule has 1 saturated heterocycles. The normalized spacial score (nSPS) is 18.0. The molecule has 2 aliphatic rings. The summed E-state index contributed by atoms with van der Waals surface area (Å²) < 4.78 is 5.51. The number of allylic oxidation sites excluding steroid dienone is 2. The highest BCUT2D eigenvalue weighted by atomic mass is 16.3. The van der Waals surface area contributed by atoms with Crippen molar-refractivity contribution < 1.29 is 9.21 Å².